The molecule has 0 aliphatic carbocycles. The number of benzene rings is 2. The Morgan fingerprint density at radius 3 is 2.43 bits per heavy atom. The van der Waals surface area contributed by atoms with E-state index in [1.165, 1.54) is 7.11 Å². The summed E-state index contributed by atoms with van der Waals surface area (Å²) in [5.41, 5.74) is 1.70. The topological polar surface area (TPSA) is 65.3 Å². The number of rotatable bonds is 8. The molecule has 1 unspecified atom stereocenters. The van der Waals surface area contributed by atoms with Gasteiger partial charge in [0.15, 0.2) is 0 Å². The lowest BCUT2D eigenvalue weighted by Gasteiger charge is -2.39. The predicted molar refractivity (Wildman–Crippen MR) is 121 cm³/mol. The molecular formula is C23H28Cl2N2O3. The highest BCUT2D eigenvalue weighted by atomic mass is 35.5. The highest BCUT2D eigenvalue weighted by Gasteiger charge is 2.34. The van der Waals surface area contributed by atoms with Crippen molar-refractivity contribution in [1.29, 1.82) is 0 Å². The average molecular weight is 451 g/mol. The van der Waals surface area contributed by atoms with Crippen molar-refractivity contribution in [2.75, 3.05) is 33.4 Å². The summed E-state index contributed by atoms with van der Waals surface area (Å²) in [5, 5.41) is 25.9. The smallest absolute Gasteiger partial charge is 0.106 e. The average Bonchev–Trinajstić information content (AvgIpc) is 2.77. The summed E-state index contributed by atoms with van der Waals surface area (Å²) in [7, 11) is 1.47. The van der Waals surface area contributed by atoms with E-state index in [0.717, 1.165) is 37.2 Å². The lowest BCUT2D eigenvalue weighted by atomic mass is 9.84. The molecule has 2 N–H and O–H groups in total. The van der Waals surface area contributed by atoms with E-state index in [-0.39, 0.29) is 12.5 Å². The van der Waals surface area contributed by atoms with E-state index in [2.05, 4.69) is 10.1 Å². The first kappa shape index (κ1) is 23.0. The number of piperidine rings is 1. The Morgan fingerprint density at radius 2 is 1.83 bits per heavy atom. The molecule has 1 fully saturated rings. The summed E-state index contributed by atoms with van der Waals surface area (Å²) in [6.45, 7) is 2.20. The molecule has 1 heterocycles. The summed E-state index contributed by atoms with van der Waals surface area (Å²) < 4.78 is 0. The van der Waals surface area contributed by atoms with Crippen molar-refractivity contribution in [3.05, 3.63) is 69.7 Å². The summed E-state index contributed by atoms with van der Waals surface area (Å²) in [4.78, 5) is 7.28. The molecule has 0 amide bonds. The number of hydrogen-bond acceptors (Lipinski definition) is 5. The number of nitrogens with zero attached hydrogens (tertiary/aromatic N) is 2. The maximum atomic E-state index is 11.0. The van der Waals surface area contributed by atoms with E-state index >= 15 is 0 Å². The van der Waals surface area contributed by atoms with E-state index in [0.29, 0.717) is 28.6 Å². The molecule has 2 aromatic rings. The van der Waals surface area contributed by atoms with Crippen LogP contribution in [0.3, 0.4) is 0 Å². The van der Waals surface area contributed by atoms with E-state index in [9.17, 15) is 10.2 Å². The Labute approximate surface area is 187 Å². The molecule has 0 radical (unpaired) electrons. The maximum absolute atomic E-state index is 11.0. The third kappa shape index (κ3) is 5.54. The Morgan fingerprint density at radius 1 is 1.13 bits per heavy atom. The zero-order valence-electron chi connectivity index (χ0n) is 17.1. The number of hydrogen-bond donors (Lipinski definition) is 2. The molecule has 0 bridgehead atoms. The second-order valence-electron chi connectivity index (χ2n) is 7.68. The predicted octanol–water partition coefficient (Wildman–Crippen LogP) is 4.45. The van der Waals surface area contributed by atoms with Gasteiger partial charge in [-0.05, 0) is 49.1 Å². The Balaban J connectivity index is 1.67. The van der Waals surface area contributed by atoms with Crippen LogP contribution in [-0.2, 0) is 10.4 Å². The fourth-order valence-corrected chi connectivity index (χ4v) is 4.38. The van der Waals surface area contributed by atoms with Crippen molar-refractivity contribution in [1.82, 2.24) is 4.90 Å². The standard InChI is InChI=1S/C23H28Cl2N2O3/c1-30-26-22(16-28)19(17-7-8-20(24)21(25)15-17)9-12-27-13-10-23(29,11-14-27)18-5-3-2-4-6-18/h2-8,15,19,28-29H,9-14,16H2,1H3/b26-22-. The number of aliphatic hydroxyl groups is 2. The lowest BCUT2D eigenvalue weighted by Crippen LogP contribution is -2.43. The molecule has 7 heteroatoms. The summed E-state index contributed by atoms with van der Waals surface area (Å²) >= 11 is 12.3. The fourth-order valence-electron chi connectivity index (χ4n) is 4.07. The lowest BCUT2D eigenvalue weighted by molar-refractivity contribution is -0.0261. The van der Waals surface area contributed by atoms with Gasteiger partial charge < -0.3 is 20.0 Å². The van der Waals surface area contributed by atoms with Crippen LogP contribution in [0.25, 0.3) is 0 Å². The molecule has 1 aliphatic heterocycles. The molecule has 0 aromatic heterocycles. The first-order chi connectivity index (χ1) is 14.5. The molecule has 5 nitrogen and oxygen atoms in total. The Kier molecular flexibility index (Phi) is 8.14. The Bertz CT molecular complexity index is 853. The molecule has 30 heavy (non-hydrogen) atoms. The van der Waals surface area contributed by atoms with Crippen LogP contribution in [0.2, 0.25) is 10.0 Å². The SMILES string of the molecule is CO/N=C(/CO)C(CCN1CCC(O)(c2ccccc2)CC1)c1ccc(Cl)c(Cl)c1. The van der Waals surface area contributed by atoms with Gasteiger partial charge >= 0.3 is 0 Å². The summed E-state index contributed by atoms with van der Waals surface area (Å²) in [5.74, 6) is -0.139. The van der Waals surface area contributed by atoms with Crippen molar-refractivity contribution >= 4 is 28.9 Å². The van der Waals surface area contributed by atoms with E-state index in [4.69, 9.17) is 28.0 Å². The second kappa shape index (κ2) is 10.6. The minimum atomic E-state index is -0.769. The molecule has 0 spiro atoms. The Hall–Kier alpha value is -1.63. The van der Waals surface area contributed by atoms with Crippen LogP contribution in [0, 0.1) is 0 Å². The van der Waals surface area contributed by atoms with Gasteiger partial charge in [0.1, 0.15) is 7.11 Å². The molecule has 162 valence electrons. The van der Waals surface area contributed by atoms with E-state index in [1.54, 1.807) is 6.07 Å². The van der Waals surface area contributed by atoms with E-state index in [1.807, 2.05) is 42.5 Å². The minimum absolute atomic E-state index is 0.139. The number of oxime groups is 1. The highest BCUT2D eigenvalue weighted by molar-refractivity contribution is 6.42. The van der Waals surface area contributed by atoms with Crippen molar-refractivity contribution in [3.63, 3.8) is 0 Å². The van der Waals surface area contributed by atoms with Crippen molar-refractivity contribution in [2.45, 2.75) is 30.8 Å². The van der Waals surface area contributed by atoms with Gasteiger partial charge in [-0.25, -0.2) is 0 Å². The van der Waals surface area contributed by atoms with Crippen LogP contribution < -0.4 is 0 Å². The number of halogens is 2. The molecule has 0 saturated carbocycles. The second-order valence-corrected chi connectivity index (χ2v) is 8.49. The highest BCUT2D eigenvalue weighted by Crippen LogP contribution is 2.34. The molecule has 3 rings (SSSR count). The van der Waals surface area contributed by atoms with Crippen molar-refractivity contribution in [2.24, 2.45) is 5.16 Å². The van der Waals surface area contributed by atoms with Crippen molar-refractivity contribution in [3.8, 4) is 0 Å². The minimum Gasteiger partial charge on any atom is -0.399 e. The molecule has 1 aliphatic rings. The molecule has 2 aromatic carbocycles. The number of likely N-dealkylation sites (tertiary alicyclic amines) is 1. The van der Waals surface area contributed by atoms with Crippen LogP contribution in [-0.4, -0.2) is 54.2 Å². The fraction of sp³-hybridized carbons (Fsp3) is 0.435. The first-order valence-electron chi connectivity index (χ1n) is 10.1. The molecule has 1 atom stereocenters. The van der Waals surface area contributed by atoms with Gasteiger partial charge in [-0.3, -0.25) is 0 Å². The number of aliphatic hydroxyl groups excluding tert-OH is 1. The molecular weight excluding hydrogens is 423 g/mol. The van der Waals surface area contributed by atoms with Gasteiger partial charge in [0.05, 0.1) is 28.0 Å². The van der Waals surface area contributed by atoms with E-state index < -0.39 is 5.60 Å². The van der Waals surface area contributed by atoms with Gasteiger partial charge in [0.25, 0.3) is 0 Å². The summed E-state index contributed by atoms with van der Waals surface area (Å²) in [6.07, 6.45) is 2.12. The van der Waals surface area contributed by atoms with Crippen LogP contribution in [0.15, 0.2) is 53.7 Å². The zero-order valence-corrected chi connectivity index (χ0v) is 18.6. The molecule has 1 saturated heterocycles. The van der Waals surface area contributed by atoms with Gasteiger partial charge in [-0.2, -0.15) is 0 Å². The van der Waals surface area contributed by atoms with Gasteiger partial charge in [-0.1, -0.05) is 64.8 Å². The third-order valence-corrected chi connectivity index (χ3v) is 6.59. The van der Waals surface area contributed by atoms with Crippen LogP contribution in [0.1, 0.15) is 36.3 Å². The van der Waals surface area contributed by atoms with Crippen molar-refractivity contribution < 1.29 is 15.1 Å². The zero-order chi connectivity index (χ0) is 21.6. The first-order valence-corrected chi connectivity index (χ1v) is 10.9. The van der Waals surface area contributed by atoms with Crippen LogP contribution in [0.5, 0.6) is 0 Å². The normalized spacial score (nSPS) is 18.2. The summed E-state index contributed by atoms with van der Waals surface area (Å²) in [6, 6.07) is 15.4. The monoisotopic (exact) mass is 450 g/mol. The third-order valence-electron chi connectivity index (χ3n) is 5.85. The van der Waals surface area contributed by atoms with Crippen LogP contribution >= 0.6 is 23.2 Å². The van der Waals surface area contributed by atoms with Gasteiger partial charge in [0.2, 0.25) is 0 Å². The van der Waals surface area contributed by atoms with Gasteiger partial charge in [0, 0.05) is 19.0 Å². The maximum Gasteiger partial charge on any atom is 0.106 e. The quantitative estimate of drug-likeness (QED) is 0.460. The van der Waals surface area contributed by atoms with Gasteiger partial charge in [-0.15, -0.1) is 0 Å². The largest absolute Gasteiger partial charge is 0.399 e. The van der Waals surface area contributed by atoms with Crippen LogP contribution in [0.4, 0.5) is 0 Å².